The number of nitrogens with zero attached hydrogens (tertiary/aromatic N) is 1. The second kappa shape index (κ2) is 7.55. The number of hydrogen-bond acceptors (Lipinski definition) is 2. The van der Waals surface area contributed by atoms with Crippen molar-refractivity contribution in [3.8, 4) is 0 Å². The Bertz CT molecular complexity index is 552. The van der Waals surface area contributed by atoms with Gasteiger partial charge in [-0.05, 0) is 31.8 Å². The van der Waals surface area contributed by atoms with Crippen LogP contribution in [0.25, 0.3) is 0 Å². The Labute approximate surface area is 130 Å². The van der Waals surface area contributed by atoms with E-state index in [9.17, 15) is 4.39 Å². The molecule has 1 unspecified atom stereocenters. The highest BCUT2D eigenvalue weighted by Gasteiger charge is 2.14. The van der Waals surface area contributed by atoms with Crippen molar-refractivity contribution < 1.29 is 4.39 Å². The van der Waals surface area contributed by atoms with Crippen LogP contribution in [0.3, 0.4) is 0 Å². The Morgan fingerprint density at radius 1 is 1.10 bits per heavy atom. The molecule has 2 rings (SSSR count). The lowest BCUT2D eigenvalue weighted by Gasteiger charge is -2.23. The fourth-order valence-electron chi connectivity index (χ4n) is 2.26. The third-order valence-corrected chi connectivity index (χ3v) is 3.69. The molecule has 2 nitrogen and oxygen atoms in total. The first-order chi connectivity index (χ1) is 10.1. The van der Waals surface area contributed by atoms with Crippen LogP contribution in [0.1, 0.15) is 17.2 Å². The van der Waals surface area contributed by atoms with Gasteiger partial charge in [0, 0.05) is 29.7 Å². The molecule has 2 aromatic rings. The van der Waals surface area contributed by atoms with Gasteiger partial charge in [-0.15, -0.1) is 0 Å². The maximum atomic E-state index is 13.8. The molecule has 1 N–H and O–H groups in total. The molecule has 0 aromatic heterocycles. The van der Waals surface area contributed by atoms with E-state index in [4.69, 9.17) is 11.6 Å². The van der Waals surface area contributed by atoms with Crippen LogP contribution < -0.4 is 5.32 Å². The third-order valence-electron chi connectivity index (χ3n) is 3.34. The van der Waals surface area contributed by atoms with Gasteiger partial charge < -0.3 is 10.2 Å². The van der Waals surface area contributed by atoms with E-state index in [1.165, 1.54) is 11.6 Å². The lowest BCUT2D eigenvalue weighted by atomic mass is 10.1. The zero-order chi connectivity index (χ0) is 15.2. The summed E-state index contributed by atoms with van der Waals surface area (Å²) in [4.78, 5) is 2.10. The average molecular weight is 307 g/mol. The molecule has 112 valence electrons. The SMILES string of the molecule is CN(C)CC(NCc1c(F)cccc1Cl)c1ccccc1. The molecule has 0 fully saturated rings. The number of benzene rings is 2. The second-order valence-electron chi connectivity index (χ2n) is 5.31. The summed E-state index contributed by atoms with van der Waals surface area (Å²) in [6, 6.07) is 15.0. The van der Waals surface area contributed by atoms with Crippen molar-refractivity contribution in [3.05, 3.63) is 70.5 Å². The summed E-state index contributed by atoms with van der Waals surface area (Å²) in [6.07, 6.45) is 0. The minimum Gasteiger partial charge on any atom is -0.308 e. The van der Waals surface area contributed by atoms with Crippen molar-refractivity contribution >= 4 is 11.6 Å². The van der Waals surface area contributed by atoms with Crippen molar-refractivity contribution in [1.29, 1.82) is 0 Å². The summed E-state index contributed by atoms with van der Waals surface area (Å²) in [5, 5.41) is 3.86. The van der Waals surface area contributed by atoms with Crippen molar-refractivity contribution in [2.45, 2.75) is 12.6 Å². The van der Waals surface area contributed by atoms with E-state index in [2.05, 4.69) is 22.3 Å². The molecule has 0 saturated heterocycles. The number of likely N-dealkylation sites (N-methyl/N-ethyl adjacent to an activating group) is 1. The highest BCUT2D eigenvalue weighted by atomic mass is 35.5. The average Bonchev–Trinajstić information content (AvgIpc) is 2.46. The molecular weight excluding hydrogens is 287 g/mol. The Balaban J connectivity index is 2.13. The van der Waals surface area contributed by atoms with E-state index in [0.717, 1.165) is 6.54 Å². The van der Waals surface area contributed by atoms with Crippen LogP contribution in [-0.2, 0) is 6.54 Å². The predicted molar refractivity (Wildman–Crippen MR) is 86.0 cm³/mol. The fourth-order valence-corrected chi connectivity index (χ4v) is 2.49. The number of nitrogens with one attached hydrogen (secondary N) is 1. The molecule has 21 heavy (non-hydrogen) atoms. The van der Waals surface area contributed by atoms with Crippen LogP contribution in [0, 0.1) is 5.82 Å². The van der Waals surface area contributed by atoms with Gasteiger partial charge in [-0.25, -0.2) is 4.39 Å². The van der Waals surface area contributed by atoms with Crippen LogP contribution in [0.15, 0.2) is 48.5 Å². The van der Waals surface area contributed by atoms with E-state index in [0.29, 0.717) is 17.1 Å². The standard InChI is InChI=1S/C17H20ClFN2/c1-21(2)12-17(13-7-4-3-5-8-13)20-11-14-15(18)9-6-10-16(14)19/h3-10,17,20H,11-12H2,1-2H3. The van der Waals surface area contributed by atoms with Crippen molar-refractivity contribution in [2.75, 3.05) is 20.6 Å². The summed E-state index contributed by atoms with van der Waals surface area (Å²) >= 11 is 6.07. The maximum Gasteiger partial charge on any atom is 0.129 e. The molecule has 0 aliphatic heterocycles. The van der Waals surface area contributed by atoms with E-state index in [-0.39, 0.29) is 11.9 Å². The molecule has 0 saturated carbocycles. The second-order valence-corrected chi connectivity index (χ2v) is 5.71. The minimum atomic E-state index is -0.272. The third kappa shape index (κ3) is 4.53. The van der Waals surface area contributed by atoms with Crippen LogP contribution in [0.5, 0.6) is 0 Å². The van der Waals surface area contributed by atoms with Gasteiger partial charge in [0.05, 0.1) is 0 Å². The summed E-state index contributed by atoms with van der Waals surface area (Å²) < 4.78 is 13.8. The molecule has 4 heteroatoms. The molecule has 0 spiro atoms. The smallest absolute Gasteiger partial charge is 0.129 e. The molecule has 0 bridgehead atoms. The number of hydrogen-bond donors (Lipinski definition) is 1. The van der Waals surface area contributed by atoms with Crippen LogP contribution >= 0.6 is 11.6 Å². The van der Waals surface area contributed by atoms with Gasteiger partial charge in [0.2, 0.25) is 0 Å². The first-order valence-corrected chi connectivity index (χ1v) is 7.31. The lowest BCUT2D eigenvalue weighted by Crippen LogP contribution is -2.31. The van der Waals surface area contributed by atoms with Gasteiger partial charge in [0.25, 0.3) is 0 Å². The molecule has 0 aliphatic rings. The highest BCUT2D eigenvalue weighted by molar-refractivity contribution is 6.31. The molecule has 0 amide bonds. The Morgan fingerprint density at radius 2 is 1.81 bits per heavy atom. The molecular formula is C17H20ClFN2. The molecule has 0 aliphatic carbocycles. The number of halogens is 2. The monoisotopic (exact) mass is 306 g/mol. The quantitative estimate of drug-likeness (QED) is 0.871. The topological polar surface area (TPSA) is 15.3 Å². The zero-order valence-corrected chi connectivity index (χ0v) is 13.1. The van der Waals surface area contributed by atoms with Crippen molar-refractivity contribution in [3.63, 3.8) is 0 Å². The first kappa shape index (κ1) is 16.0. The lowest BCUT2D eigenvalue weighted by molar-refractivity contribution is 0.339. The fraction of sp³-hybridized carbons (Fsp3) is 0.294. The molecule has 0 radical (unpaired) electrons. The van der Waals surface area contributed by atoms with Crippen molar-refractivity contribution in [1.82, 2.24) is 10.2 Å². The normalized spacial score (nSPS) is 12.6. The Hall–Kier alpha value is -1.42. The van der Waals surface area contributed by atoms with E-state index >= 15 is 0 Å². The summed E-state index contributed by atoms with van der Waals surface area (Å²) in [5.41, 5.74) is 1.69. The summed E-state index contributed by atoms with van der Waals surface area (Å²) in [7, 11) is 4.04. The summed E-state index contributed by atoms with van der Waals surface area (Å²) in [5.74, 6) is -0.272. The predicted octanol–water partition coefficient (Wildman–Crippen LogP) is 3.87. The van der Waals surface area contributed by atoms with Gasteiger partial charge in [-0.2, -0.15) is 0 Å². The van der Waals surface area contributed by atoms with Gasteiger partial charge in [-0.3, -0.25) is 0 Å². The zero-order valence-electron chi connectivity index (χ0n) is 12.3. The van der Waals surface area contributed by atoms with Gasteiger partial charge >= 0.3 is 0 Å². The number of rotatable bonds is 6. The minimum absolute atomic E-state index is 0.122. The first-order valence-electron chi connectivity index (χ1n) is 6.94. The molecule has 1 atom stereocenters. The molecule has 0 heterocycles. The van der Waals surface area contributed by atoms with Gasteiger partial charge in [-0.1, -0.05) is 48.0 Å². The van der Waals surface area contributed by atoms with Crippen LogP contribution in [0.4, 0.5) is 4.39 Å². The maximum absolute atomic E-state index is 13.8. The Kier molecular flexibility index (Phi) is 5.74. The van der Waals surface area contributed by atoms with Gasteiger partial charge in [0.15, 0.2) is 0 Å². The van der Waals surface area contributed by atoms with E-state index in [1.807, 2.05) is 32.3 Å². The van der Waals surface area contributed by atoms with E-state index in [1.54, 1.807) is 12.1 Å². The summed E-state index contributed by atoms with van der Waals surface area (Å²) in [6.45, 7) is 1.23. The van der Waals surface area contributed by atoms with Crippen molar-refractivity contribution in [2.24, 2.45) is 0 Å². The van der Waals surface area contributed by atoms with Gasteiger partial charge in [0.1, 0.15) is 5.82 Å². The largest absolute Gasteiger partial charge is 0.308 e. The van der Waals surface area contributed by atoms with Crippen LogP contribution in [-0.4, -0.2) is 25.5 Å². The molecule has 2 aromatic carbocycles. The Morgan fingerprint density at radius 3 is 2.43 bits per heavy atom. The van der Waals surface area contributed by atoms with Crippen LogP contribution in [0.2, 0.25) is 5.02 Å². The highest BCUT2D eigenvalue weighted by Crippen LogP contribution is 2.21. The van der Waals surface area contributed by atoms with E-state index < -0.39 is 0 Å².